The van der Waals surface area contributed by atoms with E-state index >= 15 is 0 Å². The summed E-state index contributed by atoms with van der Waals surface area (Å²) in [6.07, 6.45) is 0. The molecule has 1 aromatic heterocycles. The number of nitriles is 1. The number of carbonyl (C=O) groups excluding carboxylic acids is 2. The number of amides is 1. The van der Waals surface area contributed by atoms with Crippen molar-refractivity contribution in [2.24, 2.45) is 0 Å². The van der Waals surface area contributed by atoms with Crippen LogP contribution in [0, 0.1) is 11.3 Å². The molecule has 0 radical (unpaired) electrons. The third kappa shape index (κ3) is 6.03. The molecule has 1 aromatic carbocycles. The minimum atomic E-state index is -0.375. The van der Waals surface area contributed by atoms with E-state index in [2.05, 4.69) is 5.32 Å². The fraction of sp³-hybridized carbons (Fsp3) is 0.278. The molecule has 2 aromatic rings. The quantitative estimate of drug-likeness (QED) is 0.735. The monoisotopic (exact) mass is 357 g/mol. The van der Waals surface area contributed by atoms with E-state index in [1.807, 2.05) is 36.4 Å². The molecule has 7 heteroatoms. The van der Waals surface area contributed by atoms with Gasteiger partial charge in [0.25, 0.3) is 0 Å². The van der Waals surface area contributed by atoms with Crippen LogP contribution in [0.5, 0.6) is 0 Å². The van der Waals surface area contributed by atoms with Gasteiger partial charge in [-0.25, -0.2) is 0 Å². The van der Waals surface area contributed by atoms with Gasteiger partial charge in [-0.3, -0.25) is 14.5 Å². The van der Waals surface area contributed by atoms with Crippen molar-refractivity contribution >= 4 is 28.2 Å². The zero-order valence-corrected chi connectivity index (χ0v) is 14.7. The summed E-state index contributed by atoms with van der Waals surface area (Å²) >= 11 is 1.29. The van der Waals surface area contributed by atoms with Crippen LogP contribution >= 0.6 is 11.3 Å². The molecule has 0 unspecified atom stereocenters. The van der Waals surface area contributed by atoms with Gasteiger partial charge in [-0.05, 0) is 23.9 Å². The van der Waals surface area contributed by atoms with Gasteiger partial charge in [-0.1, -0.05) is 30.3 Å². The molecule has 0 aliphatic carbocycles. The summed E-state index contributed by atoms with van der Waals surface area (Å²) in [5.41, 5.74) is 1.42. The third-order valence-electron chi connectivity index (χ3n) is 3.31. The first-order valence-electron chi connectivity index (χ1n) is 7.81. The lowest BCUT2D eigenvalue weighted by Gasteiger charge is -2.20. The predicted molar refractivity (Wildman–Crippen MR) is 96.0 cm³/mol. The summed E-state index contributed by atoms with van der Waals surface area (Å²) < 4.78 is 4.98. The number of anilines is 1. The maximum absolute atomic E-state index is 12.3. The van der Waals surface area contributed by atoms with Gasteiger partial charge in [0.05, 0.1) is 25.3 Å². The Labute approximate surface area is 150 Å². The molecular weight excluding hydrogens is 338 g/mol. The van der Waals surface area contributed by atoms with Gasteiger partial charge >= 0.3 is 5.97 Å². The Hall–Kier alpha value is -2.69. The molecule has 6 nitrogen and oxygen atoms in total. The fourth-order valence-corrected chi connectivity index (χ4v) is 3.02. The van der Waals surface area contributed by atoms with Crippen molar-refractivity contribution in [2.45, 2.75) is 13.5 Å². The van der Waals surface area contributed by atoms with Crippen LogP contribution in [0.1, 0.15) is 18.1 Å². The molecule has 0 fully saturated rings. The molecule has 25 heavy (non-hydrogen) atoms. The summed E-state index contributed by atoms with van der Waals surface area (Å²) in [5, 5.41) is 14.0. The zero-order chi connectivity index (χ0) is 18.1. The highest BCUT2D eigenvalue weighted by atomic mass is 32.1. The molecule has 0 aliphatic heterocycles. The maximum atomic E-state index is 12.3. The standard InChI is InChI=1S/C18H19N3O3S/c1-2-24-17(23)13-21(11-14-6-4-3-5-7-14)12-16(22)20-18-15(10-19)8-9-25-18/h3-9H,2,11-13H2,1H3,(H,20,22). The number of ether oxygens (including phenoxy) is 1. The number of benzene rings is 1. The minimum absolute atomic E-state index is 0.0195. The maximum Gasteiger partial charge on any atom is 0.320 e. The van der Waals surface area contributed by atoms with Crippen molar-refractivity contribution in [1.82, 2.24) is 4.90 Å². The molecule has 0 saturated heterocycles. The summed E-state index contributed by atoms with van der Waals surface area (Å²) in [6.45, 7) is 2.53. The molecule has 130 valence electrons. The first kappa shape index (κ1) is 18.6. The molecule has 0 bridgehead atoms. The van der Waals surface area contributed by atoms with Gasteiger partial charge < -0.3 is 10.1 Å². The topological polar surface area (TPSA) is 82.4 Å². The first-order chi connectivity index (χ1) is 12.1. The van der Waals surface area contributed by atoms with Crippen LogP contribution < -0.4 is 5.32 Å². The minimum Gasteiger partial charge on any atom is -0.465 e. The van der Waals surface area contributed by atoms with Gasteiger partial charge in [0.1, 0.15) is 11.1 Å². The van der Waals surface area contributed by atoms with Gasteiger partial charge in [-0.15, -0.1) is 11.3 Å². The highest BCUT2D eigenvalue weighted by Gasteiger charge is 2.17. The Morgan fingerprint density at radius 1 is 1.24 bits per heavy atom. The number of rotatable bonds is 8. The van der Waals surface area contributed by atoms with Crippen LogP contribution in [0.3, 0.4) is 0 Å². The highest BCUT2D eigenvalue weighted by Crippen LogP contribution is 2.22. The van der Waals surface area contributed by atoms with Gasteiger partial charge in [-0.2, -0.15) is 5.26 Å². The van der Waals surface area contributed by atoms with Crippen LogP contribution in [-0.2, 0) is 20.9 Å². The molecule has 2 rings (SSSR count). The smallest absolute Gasteiger partial charge is 0.320 e. The second kappa shape index (κ2) is 9.57. The van der Waals surface area contributed by atoms with E-state index in [1.165, 1.54) is 11.3 Å². The van der Waals surface area contributed by atoms with Gasteiger partial charge in [0.2, 0.25) is 5.91 Å². The average Bonchev–Trinajstić information content (AvgIpc) is 3.02. The second-order valence-electron chi connectivity index (χ2n) is 5.26. The molecule has 0 atom stereocenters. The lowest BCUT2D eigenvalue weighted by Crippen LogP contribution is -2.37. The molecule has 1 heterocycles. The molecule has 1 amide bonds. The Morgan fingerprint density at radius 2 is 2.00 bits per heavy atom. The number of thiophene rings is 1. The van der Waals surface area contributed by atoms with Crippen molar-refractivity contribution in [3.8, 4) is 6.07 Å². The Bertz CT molecular complexity index is 752. The Morgan fingerprint density at radius 3 is 2.68 bits per heavy atom. The van der Waals surface area contributed by atoms with Crippen molar-refractivity contribution in [1.29, 1.82) is 5.26 Å². The van der Waals surface area contributed by atoms with Crippen LogP contribution in [-0.4, -0.2) is 36.5 Å². The average molecular weight is 357 g/mol. The van der Waals surface area contributed by atoms with Crippen molar-refractivity contribution < 1.29 is 14.3 Å². The first-order valence-corrected chi connectivity index (χ1v) is 8.69. The Balaban J connectivity index is 2.02. The predicted octanol–water partition coefficient (Wildman–Crippen LogP) is 2.62. The molecular formula is C18H19N3O3S. The number of nitrogens with one attached hydrogen (secondary N) is 1. The number of esters is 1. The van der Waals surface area contributed by atoms with Gasteiger partial charge in [0.15, 0.2) is 0 Å². The fourth-order valence-electron chi connectivity index (χ4n) is 2.26. The van der Waals surface area contributed by atoms with E-state index in [0.29, 0.717) is 23.7 Å². The van der Waals surface area contributed by atoms with Crippen LogP contribution in [0.4, 0.5) is 5.00 Å². The van der Waals surface area contributed by atoms with Crippen molar-refractivity contribution in [2.75, 3.05) is 25.0 Å². The van der Waals surface area contributed by atoms with Crippen LogP contribution in [0.25, 0.3) is 0 Å². The number of nitrogens with zero attached hydrogens (tertiary/aromatic N) is 2. The lowest BCUT2D eigenvalue weighted by atomic mass is 10.2. The number of carbonyl (C=O) groups is 2. The molecule has 0 saturated carbocycles. The molecule has 0 spiro atoms. The molecule has 0 aliphatic rings. The normalized spacial score (nSPS) is 10.3. The largest absolute Gasteiger partial charge is 0.465 e. The van der Waals surface area contributed by atoms with E-state index < -0.39 is 0 Å². The Kier molecular flexibility index (Phi) is 7.14. The summed E-state index contributed by atoms with van der Waals surface area (Å²) in [7, 11) is 0. The molecule has 1 N–H and O–H groups in total. The third-order valence-corrected chi connectivity index (χ3v) is 4.14. The number of hydrogen-bond acceptors (Lipinski definition) is 6. The van der Waals surface area contributed by atoms with Crippen molar-refractivity contribution in [3.63, 3.8) is 0 Å². The van der Waals surface area contributed by atoms with Gasteiger partial charge in [0, 0.05) is 6.54 Å². The second-order valence-corrected chi connectivity index (χ2v) is 6.18. The summed E-state index contributed by atoms with van der Waals surface area (Å²) in [6, 6.07) is 13.3. The highest BCUT2D eigenvalue weighted by molar-refractivity contribution is 7.14. The van der Waals surface area contributed by atoms with Crippen LogP contribution in [0.15, 0.2) is 41.8 Å². The number of hydrogen-bond donors (Lipinski definition) is 1. The zero-order valence-electron chi connectivity index (χ0n) is 13.9. The summed E-state index contributed by atoms with van der Waals surface area (Å²) in [5.74, 6) is -0.653. The van der Waals surface area contributed by atoms with E-state index in [1.54, 1.807) is 23.3 Å². The van der Waals surface area contributed by atoms with E-state index in [-0.39, 0.29) is 25.0 Å². The van der Waals surface area contributed by atoms with E-state index in [9.17, 15) is 9.59 Å². The van der Waals surface area contributed by atoms with Crippen molar-refractivity contribution in [3.05, 3.63) is 52.9 Å². The van der Waals surface area contributed by atoms with Crippen LogP contribution in [0.2, 0.25) is 0 Å². The van der Waals surface area contributed by atoms with E-state index in [0.717, 1.165) is 5.56 Å². The van der Waals surface area contributed by atoms with E-state index in [4.69, 9.17) is 10.00 Å². The summed E-state index contributed by atoms with van der Waals surface area (Å²) in [4.78, 5) is 25.8. The SMILES string of the molecule is CCOC(=O)CN(CC(=O)Nc1sccc1C#N)Cc1ccccc1. The lowest BCUT2D eigenvalue weighted by molar-refractivity contribution is -0.144.